The zero-order chi connectivity index (χ0) is 15.6. The lowest BCUT2D eigenvalue weighted by Crippen LogP contribution is -2.39. The molecule has 1 fully saturated rings. The molecule has 0 heterocycles. The van der Waals surface area contributed by atoms with Crippen molar-refractivity contribution in [2.45, 2.75) is 32.7 Å². The summed E-state index contributed by atoms with van der Waals surface area (Å²) in [4.78, 5) is 24.0. The lowest BCUT2D eigenvalue weighted by molar-refractivity contribution is -0.154. The summed E-state index contributed by atoms with van der Waals surface area (Å²) < 4.78 is 31.0. The van der Waals surface area contributed by atoms with Gasteiger partial charge in [0.2, 0.25) is 5.91 Å². The number of esters is 1. The van der Waals surface area contributed by atoms with Gasteiger partial charge >= 0.3 is 5.97 Å². The summed E-state index contributed by atoms with van der Waals surface area (Å²) in [6.07, 6.45) is 0.893. The largest absolute Gasteiger partial charge is 0.465 e. The van der Waals surface area contributed by atoms with Crippen molar-refractivity contribution in [3.63, 3.8) is 0 Å². The second-order valence-corrected chi connectivity index (χ2v) is 5.17. The van der Waals surface area contributed by atoms with Crippen LogP contribution in [0.4, 0.5) is 8.78 Å². The summed E-state index contributed by atoms with van der Waals surface area (Å²) in [5.74, 6) is -2.87. The van der Waals surface area contributed by atoms with Crippen molar-refractivity contribution in [1.29, 1.82) is 0 Å². The van der Waals surface area contributed by atoms with E-state index in [4.69, 9.17) is 4.74 Å². The van der Waals surface area contributed by atoms with Crippen LogP contribution >= 0.6 is 0 Å². The maximum absolute atomic E-state index is 13.2. The molecule has 2 rings (SSSR count). The zero-order valence-corrected chi connectivity index (χ0v) is 11.9. The second kappa shape index (κ2) is 5.79. The van der Waals surface area contributed by atoms with Crippen molar-refractivity contribution in [1.82, 2.24) is 5.32 Å². The monoisotopic (exact) mass is 297 g/mol. The highest BCUT2D eigenvalue weighted by molar-refractivity contribution is 6.05. The van der Waals surface area contributed by atoms with Gasteiger partial charge in [0.25, 0.3) is 0 Å². The van der Waals surface area contributed by atoms with E-state index < -0.39 is 35.0 Å². The molecule has 1 aromatic carbocycles. The molecule has 0 saturated heterocycles. The maximum Gasteiger partial charge on any atom is 0.321 e. The first-order chi connectivity index (χ1) is 9.90. The Morgan fingerprint density at radius 1 is 1.33 bits per heavy atom. The Kier molecular flexibility index (Phi) is 4.25. The number of amides is 1. The fourth-order valence-electron chi connectivity index (χ4n) is 2.12. The summed E-state index contributed by atoms with van der Waals surface area (Å²) in [5.41, 5.74) is -0.676. The number of halogens is 2. The summed E-state index contributed by atoms with van der Waals surface area (Å²) in [5, 5.41) is 2.66. The zero-order valence-electron chi connectivity index (χ0n) is 11.9. The summed E-state index contributed by atoms with van der Waals surface area (Å²) >= 11 is 0. The van der Waals surface area contributed by atoms with Crippen molar-refractivity contribution < 1.29 is 23.1 Å². The number of benzene rings is 1. The maximum atomic E-state index is 13.2. The molecular weight excluding hydrogens is 280 g/mol. The summed E-state index contributed by atoms with van der Waals surface area (Å²) in [7, 11) is 0. The van der Waals surface area contributed by atoms with Gasteiger partial charge in [-0.25, -0.2) is 8.78 Å². The molecule has 0 unspecified atom stereocenters. The van der Waals surface area contributed by atoms with Crippen LogP contribution in [-0.4, -0.2) is 18.5 Å². The Morgan fingerprint density at radius 3 is 2.52 bits per heavy atom. The van der Waals surface area contributed by atoms with Crippen LogP contribution in [-0.2, 0) is 14.3 Å². The fraction of sp³-hybridized carbons (Fsp3) is 0.467. The first-order valence-electron chi connectivity index (χ1n) is 6.84. The number of nitrogens with one attached hydrogen (secondary N) is 1. The van der Waals surface area contributed by atoms with Crippen LogP contribution in [0, 0.1) is 17.0 Å². The van der Waals surface area contributed by atoms with Gasteiger partial charge in [0.05, 0.1) is 12.6 Å². The Balaban J connectivity index is 2.05. The molecule has 1 N–H and O–H groups in total. The molecule has 1 aromatic rings. The number of hydrogen-bond acceptors (Lipinski definition) is 3. The number of ether oxygens (including phenoxy) is 1. The molecular formula is C15H17F2NO3. The van der Waals surface area contributed by atoms with Crippen molar-refractivity contribution in [2.75, 3.05) is 6.61 Å². The number of carbonyl (C=O) groups excluding carboxylic acids is 2. The Bertz CT molecular complexity index is 570. The highest BCUT2D eigenvalue weighted by atomic mass is 19.2. The van der Waals surface area contributed by atoms with E-state index in [1.165, 1.54) is 6.07 Å². The molecule has 1 atom stereocenters. The van der Waals surface area contributed by atoms with E-state index in [2.05, 4.69) is 5.32 Å². The van der Waals surface area contributed by atoms with Crippen molar-refractivity contribution in [2.24, 2.45) is 5.41 Å². The molecule has 1 amide bonds. The minimum Gasteiger partial charge on any atom is -0.465 e. The molecule has 6 heteroatoms. The minimum absolute atomic E-state index is 0.215. The quantitative estimate of drug-likeness (QED) is 0.671. The number of hydrogen-bond donors (Lipinski definition) is 1. The molecule has 1 aliphatic rings. The standard InChI is InChI=1S/C15H17F2NO3/c1-3-21-14(20)15(6-7-15)13(19)18-9(2)10-4-5-11(16)12(17)8-10/h4-5,8-9H,3,6-7H2,1-2H3,(H,18,19)/t9-/m1/s1. The molecule has 4 nitrogen and oxygen atoms in total. The molecule has 114 valence electrons. The van der Waals surface area contributed by atoms with Crippen LogP contribution in [0.1, 0.15) is 38.3 Å². The molecule has 1 saturated carbocycles. The van der Waals surface area contributed by atoms with Crippen LogP contribution in [0.2, 0.25) is 0 Å². The topological polar surface area (TPSA) is 55.4 Å². The molecule has 1 aliphatic carbocycles. The Hall–Kier alpha value is -1.98. The highest BCUT2D eigenvalue weighted by Gasteiger charge is 2.58. The van der Waals surface area contributed by atoms with E-state index in [0.29, 0.717) is 18.4 Å². The third-order valence-electron chi connectivity index (χ3n) is 3.64. The van der Waals surface area contributed by atoms with E-state index in [1.54, 1.807) is 13.8 Å². The van der Waals surface area contributed by atoms with Crippen LogP contribution in [0.25, 0.3) is 0 Å². The van der Waals surface area contributed by atoms with Crippen LogP contribution < -0.4 is 5.32 Å². The second-order valence-electron chi connectivity index (χ2n) is 5.17. The van der Waals surface area contributed by atoms with Gasteiger partial charge in [0.15, 0.2) is 11.6 Å². The van der Waals surface area contributed by atoms with Crippen molar-refractivity contribution in [3.05, 3.63) is 35.4 Å². The Labute approximate surface area is 121 Å². The molecule has 21 heavy (non-hydrogen) atoms. The van der Waals surface area contributed by atoms with E-state index in [0.717, 1.165) is 12.1 Å². The van der Waals surface area contributed by atoms with Gasteiger partial charge in [0.1, 0.15) is 5.41 Å². The van der Waals surface area contributed by atoms with E-state index in [9.17, 15) is 18.4 Å². The average Bonchev–Trinajstić information content (AvgIpc) is 3.23. The predicted molar refractivity (Wildman–Crippen MR) is 71.2 cm³/mol. The third-order valence-corrected chi connectivity index (χ3v) is 3.64. The average molecular weight is 297 g/mol. The van der Waals surface area contributed by atoms with Gasteiger partial charge in [-0.1, -0.05) is 6.07 Å². The first kappa shape index (κ1) is 15.4. The number of carbonyl (C=O) groups is 2. The van der Waals surface area contributed by atoms with E-state index >= 15 is 0 Å². The molecule has 0 bridgehead atoms. The van der Waals surface area contributed by atoms with Gasteiger partial charge in [0, 0.05) is 0 Å². The summed E-state index contributed by atoms with van der Waals surface area (Å²) in [6.45, 7) is 3.54. The predicted octanol–water partition coefficient (Wildman–Crippen LogP) is 2.49. The fourth-order valence-corrected chi connectivity index (χ4v) is 2.12. The third kappa shape index (κ3) is 3.04. The van der Waals surface area contributed by atoms with Crippen LogP contribution in [0.3, 0.4) is 0 Å². The van der Waals surface area contributed by atoms with E-state index in [1.807, 2.05) is 0 Å². The number of rotatable bonds is 5. The SMILES string of the molecule is CCOC(=O)C1(C(=O)N[C@H](C)c2ccc(F)c(F)c2)CC1. The van der Waals surface area contributed by atoms with Gasteiger partial charge in [-0.15, -0.1) is 0 Å². The lowest BCUT2D eigenvalue weighted by Gasteiger charge is -2.19. The minimum atomic E-state index is -1.11. The molecule has 0 aromatic heterocycles. The van der Waals surface area contributed by atoms with E-state index in [-0.39, 0.29) is 6.61 Å². The van der Waals surface area contributed by atoms with Crippen LogP contribution in [0.5, 0.6) is 0 Å². The van der Waals surface area contributed by atoms with Gasteiger partial charge in [-0.3, -0.25) is 9.59 Å². The van der Waals surface area contributed by atoms with Gasteiger partial charge in [-0.05, 0) is 44.4 Å². The lowest BCUT2D eigenvalue weighted by atomic mass is 10.0. The van der Waals surface area contributed by atoms with Crippen molar-refractivity contribution >= 4 is 11.9 Å². The molecule has 0 aliphatic heterocycles. The smallest absolute Gasteiger partial charge is 0.321 e. The normalized spacial score (nSPS) is 17.0. The van der Waals surface area contributed by atoms with Crippen molar-refractivity contribution in [3.8, 4) is 0 Å². The summed E-state index contributed by atoms with van der Waals surface area (Å²) in [6, 6.07) is 2.91. The van der Waals surface area contributed by atoms with Gasteiger partial charge in [-0.2, -0.15) is 0 Å². The molecule has 0 spiro atoms. The molecule has 0 radical (unpaired) electrons. The van der Waals surface area contributed by atoms with Gasteiger partial charge < -0.3 is 10.1 Å². The van der Waals surface area contributed by atoms with Crippen LogP contribution in [0.15, 0.2) is 18.2 Å². The highest BCUT2D eigenvalue weighted by Crippen LogP contribution is 2.47. The first-order valence-corrected chi connectivity index (χ1v) is 6.84. The Morgan fingerprint density at radius 2 is 2.00 bits per heavy atom.